The molecule has 0 aromatic heterocycles. The minimum atomic E-state index is -4.03. The number of ether oxygens (including phenoxy) is 3. The Morgan fingerprint density at radius 1 is 1.19 bits per heavy atom. The molecule has 2 aromatic rings. The van der Waals surface area contributed by atoms with Crippen LogP contribution < -0.4 is 19.5 Å². The summed E-state index contributed by atoms with van der Waals surface area (Å²) in [6.07, 6.45) is 1.86. The van der Waals surface area contributed by atoms with Gasteiger partial charge in [0.25, 0.3) is 15.9 Å². The zero-order valence-electron chi connectivity index (χ0n) is 17.5. The maximum absolute atomic E-state index is 13.1. The van der Waals surface area contributed by atoms with Crippen molar-refractivity contribution >= 4 is 33.2 Å². The molecule has 1 fully saturated rings. The van der Waals surface area contributed by atoms with Crippen LogP contribution in [0.2, 0.25) is 5.02 Å². The first kappa shape index (κ1) is 23.2. The van der Waals surface area contributed by atoms with Crippen molar-refractivity contribution in [3.63, 3.8) is 0 Å². The second-order valence-electron chi connectivity index (χ2n) is 7.12. The third-order valence-electron chi connectivity index (χ3n) is 4.97. The molecule has 0 saturated carbocycles. The molecule has 3 rings (SSSR count). The summed E-state index contributed by atoms with van der Waals surface area (Å²) in [7, 11) is -1.18. The fourth-order valence-electron chi connectivity index (χ4n) is 3.28. The van der Waals surface area contributed by atoms with Gasteiger partial charge in [0.1, 0.15) is 11.5 Å². The summed E-state index contributed by atoms with van der Waals surface area (Å²) in [5, 5.41) is 3.02. The van der Waals surface area contributed by atoms with Gasteiger partial charge in [-0.1, -0.05) is 17.7 Å². The van der Waals surface area contributed by atoms with E-state index in [4.69, 9.17) is 25.8 Å². The molecule has 1 aliphatic rings. The Kier molecular flexibility index (Phi) is 7.30. The van der Waals surface area contributed by atoms with E-state index in [-0.39, 0.29) is 38.9 Å². The lowest BCUT2D eigenvalue weighted by Crippen LogP contribution is -2.32. The van der Waals surface area contributed by atoms with Crippen molar-refractivity contribution in [2.45, 2.75) is 30.8 Å². The number of carbonyl (C=O) groups excluding carboxylic acids is 1. The highest BCUT2D eigenvalue weighted by Gasteiger charge is 2.23. The number of halogens is 1. The van der Waals surface area contributed by atoms with Crippen molar-refractivity contribution in [1.29, 1.82) is 0 Å². The highest BCUT2D eigenvalue weighted by molar-refractivity contribution is 7.92. The molecule has 10 heteroatoms. The van der Waals surface area contributed by atoms with Gasteiger partial charge in [-0.05, 0) is 43.5 Å². The van der Waals surface area contributed by atoms with Crippen LogP contribution in [-0.4, -0.2) is 47.8 Å². The molecule has 1 saturated heterocycles. The van der Waals surface area contributed by atoms with E-state index in [0.717, 1.165) is 12.8 Å². The first-order valence-electron chi connectivity index (χ1n) is 9.70. The molecule has 0 spiro atoms. The van der Waals surface area contributed by atoms with Crippen LogP contribution in [0.4, 0.5) is 5.69 Å². The molecule has 8 nitrogen and oxygen atoms in total. The SMILES string of the molecule is COc1cc(OC)c(NS(=O)(=O)c2cc(C(=O)NCC3CCCO3)ccc2C)cc1Cl. The van der Waals surface area contributed by atoms with Crippen LogP contribution in [0.1, 0.15) is 28.8 Å². The molecule has 0 aliphatic carbocycles. The third-order valence-corrected chi connectivity index (χ3v) is 6.78. The standard InChI is InChI=1S/C21H25ClN2O6S/c1-13-6-7-14(21(25)23-12-15-5-4-8-30-15)9-20(13)31(26,27)24-17-10-16(22)18(28-2)11-19(17)29-3/h6-7,9-11,15,24H,4-5,8,12H2,1-3H3,(H,23,25). The van der Waals surface area contributed by atoms with Crippen molar-refractivity contribution in [1.82, 2.24) is 5.32 Å². The van der Waals surface area contributed by atoms with Gasteiger partial charge >= 0.3 is 0 Å². The monoisotopic (exact) mass is 468 g/mol. The predicted molar refractivity (Wildman–Crippen MR) is 118 cm³/mol. The molecular formula is C21H25ClN2O6S. The molecule has 2 aromatic carbocycles. The zero-order chi connectivity index (χ0) is 22.6. The van der Waals surface area contributed by atoms with Crippen molar-refractivity contribution in [3.8, 4) is 11.5 Å². The summed E-state index contributed by atoms with van der Waals surface area (Å²) in [5.74, 6) is 0.229. The van der Waals surface area contributed by atoms with E-state index in [0.29, 0.717) is 24.5 Å². The molecule has 1 heterocycles. The van der Waals surface area contributed by atoms with Gasteiger partial charge in [-0.25, -0.2) is 8.42 Å². The number of hydrogen-bond acceptors (Lipinski definition) is 6. The van der Waals surface area contributed by atoms with Gasteiger partial charge in [-0.3, -0.25) is 9.52 Å². The third kappa shape index (κ3) is 5.41. The normalized spacial score (nSPS) is 16.1. The fraction of sp³-hybridized carbons (Fsp3) is 0.381. The Labute approximate surface area is 186 Å². The Balaban J connectivity index is 1.85. The zero-order valence-corrected chi connectivity index (χ0v) is 19.1. The van der Waals surface area contributed by atoms with Crippen LogP contribution in [-0.2, 0) is 14.8 Å². The summed E-state index contributed by atoms with van der Waals surface area (Å²) < 4.78 is 44.6. The van der Waals surface area contributed by atoms with Crippen LogP contribution >= 0.6 is 11.6 Å². The number of benzene rings is 2. The second-order valence-corrected chi connectivity index (χ2v) is 9.18. The number of methoxy groups -OCH3 is 2. The van der Waals surface area contributed by atoms with Crippen LogP contribution in [0.3, 0.4) is 0 Å². The number of nitrogens with one attached hydrogen (secondary N) is 2. The molecule has 168 valence electrons. The summed E-state index contributed by atoms with van der Waals surface area (Å²) in [5.41, 5.74) is 0.881. The Hall–Kier alpha value is -2.49. The number of amides is 1. The van der Waals surface area contributed by atoms with Crippen LogP contribution in [0.15, 0.2) is 35.2 Å². The van der Waals surface area contributed by atoms with Crippen molar-refractivity contribution < 1.29 is 27.4 Å². The van der Waals surface area contributed by atoms with Gasteiger partial charge < -0.3 is 19.5 Å². The lowest BCUT2D eigenvalue weighted by molar-refractivity contribution is 0.0857. The number of aryl methyl sites for hydroxylation is 1. The van der Waals surface area contributed by atoms with E-state index >= 15 is 0 Å². The predicted octanol–water partition coefficient (Wildman–Crippen LogP) is 3.38. The highest BCUT2D eigenvalue weighted by atomic mass is 35.5. The Morgan fingerprint density at radius 3 is 2.58 bits per heavy atom. The summed E-state index contributed by atoms with van der Waals surface area (Å²) >= 11 is 6.14. The molecule has 1 amide bonds. The number of carbonyl (C=O) groups is 1. The summed E-state index contributed by atoms with van der Waals surface area (Å²) in [6, 6.07) is 7.42. The lowest BCUT2D eigenvalue weighted by atomic mass is 10.1. The molecule has 2 N–H and O–H groups in total. The average Bonchev–Trinajstić information content (AvgIpc) is 3.26. The smallest absolute Gasteiger partial charge is 0.262 e. The van der Waals surface area contributed by atoms with Gasteiger partial charge in [0.2, 0.25) is 0 Å². The van der Waals surface area contributed by atoms with Crippen molar-refractivity contribution in [2.75, 3.05) is 32.1 Å². The van der Waals surface area contributed by atoms with E-state index in [9.17, 15) is 13.2 Å². The first-order chi connectivity index (χ1) is 14.7. The van der Waals surface area contributed by atoms with E-state index in [1.165, 1.54) is 32.4 Å². The van der Waals surface area contributed by atoms with E-state index in [2.05, 4.69) is 10.0 Å². The van der Waals surface area contributed by atoms with E-state index in [1.54, 1.807) is 19.1 Å². The Morgan fingerprint density at radius 2 is 1.94 bits per heavy atom. The summed E-state index contributed by atoms with van der Waals surface area (Å²) in [4.78, 5) is 12.5. The lowest BCUT2D eigenvalue weighted by Gasteiger charge is -2.16. The minimum absolute atomic E-state index is 0.00782. The quantitative estimate of drug-likeness (QED) is 0.615. The average molecular weight is 469 g/mol. The molecule has 31 heavy (non-hydrogen) atoms. The van der Waals surface area contributed by atoms with Crippen molar-refractivity contribution in [2.24, 2.45) is 0 Å². The number of sulfonamides is 1. The highest BCUT2D eigenvalue weighted by Crippen LogP contribution is 2.37. The summed E-state index contributed by atoms with van der Waals surface area (Å²) in [6.45, 7) is 2.73. The molecule has 1 unspecified atom stereocenters. The van der Waals surface area contributed by atoms with Gasteiger partial charge in [-0.15, -0.1) is 0 Å². The van der Waals surface area contributed by atoms with Crippen LogP contribution in [0, 0.1) is 6.92 Å². The molecular weight excluding hydrogens is 444 g/mol. The minimum Gasteiger partial charge on any atom is -0.495 e. The number of hydrogen-bond donors (Lipinski definition) is 2. The maximum atomic E-state index is 13.1. The van der Waals surface area contributed by atoms with Gasteiger partial charge in [-0.2, -0.15) is 0 Å². The van der Waals surface area contributed by atoms with Gasteiger partial charge in [0.05, 0.1) is 35.9 Å². The van der Waals surface area contributed by atoms with E-state index < -0.39 is 10.0 Å². The second kappa shape index (κ2) is 9.76. The van der Waals surface area contributed by atoms with Crippen molar-refractivity contribution in [3.05, 3.63) is 46.5 Å². The topological polar surface area (TPSA) is 103 Å². The number of rotatable bonds is 8. The first-order valence-corrected chi connectivity index (χ1v) is 11.6. The van der Waals surface area contributed by atoms with E-state index in [1.807, 2.05) is 0 Å². The van der Waals surface area contributed by atoms with Crippen LogP contribution in [0.25, 0.3) is 0 Å². The largest absolute Gasteiger partial charge is 0.495 e. The molecule has 0 radical (unpaired) electrons. The molecule has 1 aliphatic heterocycles. The molecule has 1 atom stereocenters. The van der Waals surface area contributed by atoms with Gasteiger partial charge in [0, 0.05) is 24.8 Å². The van der Waals surface area contributed by atoms with Gasteiger partial charge in [0.15, 0.2) is 0 Å². The number of anilines is 1. The molecule has 0 bridgehead atoms. The van der Waals surface area contributed by atoms with Crippen LogP contribution in [0.5, 0.6) is 11.5 Å². The Bertz CT molecular complexity index is 1070. The fourth-order valence-corrected chi connectivity index (χ4v) is 4.86. The maximum Gasteiger partial charge on any atom is 0.262 e.